The highest BCUT2D eigenvalue weighted by atomic mass is 16.3. The summed E-state index contributed by atoms with van der Waals surface area (Å²) in [6.07, 6.45) is 5.29. The van der Waals surface area contributed by atoms with Gasteiger partial charge < -0.3 is 14.9 Å². The molecule has 0 unspecified atom stereocenters. The smallest absolute Gasteiger partial charge is 0.254 e. The summed E-state index contributed by atoms with van der Waals surface area (Å²) in [6, 6.07) is 3.49. The van der Waals surface area contributed by atoms with Gasteiger partial charge in [0.15, 0.2) is 0 Å². The third-order valence-electron chi connectivity index (χ3n) is 5.59. The van der Waals surface area contributed by atoms with Crippen LogP contribution in [0.4, 0.5) is 0 Å². The van der Waals surface area contributed by atoms with Crippen LogP contribution in [0, 0.1) is 0 Å². The summed E-state index contributed by atoms with van der Waals surface area (Å²) in [5, 5.41) is 9.16. The molecule has 25 heavy (non-hydrogen) atoms. The molecular weight excluding hydrogens is 320 g/mol. The van der Waals surface area contributed by atoms with Gasteiger partial charge in [0.1, 0.15) is 0 Å². The molecule has 2 aliphatic rings. The lowest BCUT2D eigenvalue weighted by Crippen LogP contribution is -2.62. The van der Waals surface area contributed by atoms with Crippen molar-refractivity contribution in [2.24, 2.45) is 0 Å². The van der Waals surface area contributed by atoms with Gasteiger partial charge in [0.2, 0.25) is 5.91 Å². The second-order valence-electron chi connectivity index (χ2n) is 6.96. The van der Waals surface area contributed by atoms with E-state index in [0.717, 1.165) is 19.4 Å². The van der Waals surface area contributed by atoms with Crippen LogP contribution in [0.15, 0.2) is 24.5 Å². The minimum Gasteiger partial charge on any atom is -0.395 e. The summed E-state index contributed by atoms with van der Waals surface area (Å²) in [4.78, 5) is 35.0. The Balaban J connectivity index is 1.76. The van der Waals surface area contributed by atoms with E-state index in [1.54, 1.807) is 29.4 Å². The summed E-state index contributed by atoms with van der Waals surface area (Å²) in [6.45, 7) is 3.12. The lowest BCUT2D eigenvalue weighted by Gasteiger charge is -2.49. The maximum absolute atomic E-state index is 12.8. The van der Waals surface area contributed by atoms with Crippen LogP contribution in [0.2, 0.25) is 0 Å². The Morgan fingerprint density at radius 3 is 2.72 bits per heavy atom. The first-order chi connectivity index (χ1) is 12.1. The molecule has 2 amide bonds. The Kier molecular flexibility index (Phi) is 5.34. The molecule has 1 spiro atoms. The molecule has 3 heterocycles. The van der Waals surface area contributed by atoms with Crippen molar-refractivity contribution in [3.63, 3.8) is 0 Å². The molecule has 7 nitrogen and oxygen atoms in total. The monoisotopic (exact) mass is 346 g/mol. The zero-order valence-electron chi connectivity index (χ0n) is 14.7. The highest BCUT2D eigenvalue weighted by Gasteiger charge is 2.43. The molecule has 3 rings (SSSR count). The number of hydrogen-bond acceptors (Lipinski definition) is 5. The SMILES string of the molecule is CN1CCN(C(=O)c2ccncc2)C[C@]12CCC(=O)N(CCO)CC2. The average molecular weight is 346 g/mol. The van der Waals surface area contributed by atoms with Gasteiger partial charge in [-0.1, -0.05) is 0 Å². The van der Waals surface area contributed by atoms with E-state index in [2.05, 4.69) is 16.9 Å². The van der Waals surface area contributed by atoms with Gasteiger partial charge >= 0.3 is 0 Å². The van der Waals surface area contributed by atoms with Gasteiger partial charge in [-0.15, -0.1) is 0 Å². The van der Waals surface area contributed by atoms with E-state index in [-0.39, 0.29) is 24.0 Å². The Bertz CT molecular complexity index is 624. The average Bonchev–Trinajstić information content (AvgIpc) is 2.79. The van der Waals surface area contributed by atoms with E-state index in [9.17, 15) is 9.59 Å². The van der Waals surface area contributed by atoms with Crippen molar-refractivity contribution in [1.29, 1.82) is 0 Å². The van der Waals surface area contributed by atoms with E-state index >= 15 is 0 Å². The van der Waals surface area contributed by atoms with Crippen LogP contribution in [-0.2, 0) is 4.79 Å². The van der Waals surface area contributed by atoms with E-state index in [1.165, 1.54) is 0 Å². The molecule has 136 valence electrons. The van der Waals surface area contributed by atoms with E-state index in [0.29, 0.717) is 38.2 Å². The number of piperazine rings is 1. The summed E-state index contributed by atoms with van der Waals surface area (Å²) >= 11 is 0. The second kappa shape index (κ2) is 7.49. The van der Waals surface area contributed by atoms with Crippen LogP contribution in [0.1, 0.15) is 29.6 Å². The second-order valence-corrected chi connectivity index (χ2v) is 6.96. The zero-order valence-corrected chi connectivity index (χ0v) is 14.7. The number of pyridine rings is 1. The number of rotatable bonds is 3. The lowest BCUT2D eigenvalue weighted by atomic mass is 9.86. The molecule has 1 aromatic rings. The molecule has 1 N–H and O–H groups in total. The fourth-order valence-electron chi connectivity index (χ4n) is 3.90. The number of hydrogen-bond donors (Lipinski definition) is 1. The number of amides is 2. The predicted molar refractivity (Wildman–Crippen MR) is 93.0 cm³/mol. The number of aliphatic hydroxyl groups excluding tert-OH is 1. The number of carbonyl (C=O) groups excluding carboxylic acids is 2. The van der Waals surface area contributed by atoms with Crippen LogP contribution < -0.4 is 0 Å². The maximum atomic E-state index is 12.8. The Morgan fingerprint density at radius 2 is 2.00 bits per heavy atom. The largest absolute Gasteiger partial charge is 0.395 e. The molecule has 7 heteroatoms. The van der Waals surface area contributed by atoms with E-state index < -0.39 is 0 Å². The first-order valence-electron chi connectivity index (χ1n) is 8.85. The summed E-state index contributed by atoms with van der Waals surface area (Å²) in [7, 11) is 2.08. The van der Waals surface area contributed by atoms with Crippen LogP contribution in [-0.4, -0.2) is 88.5 Å². The van der Waals surface area contributed by atoms with Crippen molar-refractivity contribution in [2.45, 2.75) is 24.8 Å². The van der Waals surface area contributed by atoms with Gasteiger partial charge in [-0.2, -0.15) is 0 Å². The molecule has 1 atom stereocenters. The van der Waals surface area contributed by atoms with Crippen LogP contribution >= 0.6 is 0 Å². The highest BCUT2D eigenvalue weighted by Crippen LogP contribution is 2.32. The predicted octanol–water partition coefficient (Wildman–Crippen LogP) is 0.213. The quantitative estimate of drug-likeness (QED) is 0.847. The van der Waals surface area contributed by atoms with Gasteiger partial charge in [0.25, 0.3) is 5.91 Å². The number of nitrogens with zero attached hydrogens (tertiary/aromatic N) is 4. The molecule has 2 fully saturated rings. The molecular formula is C18H26N4O3. The van der Waals surface area contributed by atoms with Gasteiger partial charge in [-0.25, -0.2) is 0 Å². The van der Waals surface area contributed by atoms with Crippen molar-refractivity contribution in [2.75, 3.05) is 46.4 Å². The van der Waals surface area contributed by atoms with Gasteiger partial charge in [0.05, 0.1) is 6.61 Å². The number of aliphatic hydroxyl groups is 1. The van der Waals surface area contributed by atoms with Crippen molar-refractivity contribution >= 4 is 11.8 Å². The number of aromatic nitrogens is 1. The van der Waals surface area contributed by atoms with Gasteiger partial charge in [0, 0.05) is 62.6 Å². The van der Waals surface area contributed by atoms with Crippen molar-refractivity contribution in [1.82, 2.24) is 19.7 Å². The minimum absolute atomic E-state index is 0.0127. The molecule has 0 bridgehead atoms. The minimum atomic E-state index is -0.180. The Hall–Kier alpha value is -1.99. The molecule has 2 aliphatic heterocycles. The summed E-state index contributed by atoms with van der Waals surface area (Å²) in [5.41, 5.74) is 0.474. The lowest BCUT2D eigenvalue weighted by molar-refractivity contribution is -0.131. The number of likely N-dealkylation sites (N-methyl/N-ethyl adjacent to an activating group) is 1. The first kappa shape index (κ1) is 17.8. The van der Waals surface area contributed by atoms with Gasteiger partial charge in [-0.3, -0.25) is 19.5 Å². The molecule has 0 saturated carbocycles. The normalized spacial score (nSPS) is 25.3. The van der Waals surface area contributed by atoms with Crippen LogP contribution in [0.3, 0.4) is 0 Å². The van der Waals surface area contributed by atoms with Crippen molar-refractivity contribution in [3.8, 4) is 0 Å². The number of carbonyl (C=O) groups is 2. The molecule has 2 saturated heterocycles. The molecule has 0 radical (unpaired) electrons. The Morgan fingerprint density at radius 1 is 1.24 bits per heavy atom. The zero-order chi connectivity index (χ0) is 17.9. The van der Waals surface area contributed by atoms with Crippen LogP contribution in [0.5, 0.6) is 0 Å². The van der Waals surface area contributed by atoms with Crippen molar-refractivity contribution < 1.29 is 14.7 Å². The third-order valence-corrected chi connectivity index (χ3v) is 5.59. The van der Waals surface area contributed by atoms with Crippen molar-refractivity contribution in [3.05, 3.63) is 30.1 Å². The van der Waals surface area contributed by atoms with Crippen LogP contribution in [0.25, 0.3) is 0 Å². The molecule has 1 aromatic heterocycles. The summed E-state index contributed by atoms with van der Waals surface area (Å²) in [5.74, 6) is 0.120. The third kappa shape index (κ3) is 3.67. The fraction of sp³-hybridized carbons (Fsp3) is 0.611. The Labute approximate surface area is 148 Å². The molecule has 0 aliphatic carbocycles. The standard InChI is InChI=1S/C18H26N4O3/c1-20-10-11-22(17(25)15-3-7-19-8-4-15)14-18(20)5-2-16(24)21(9-6-18)12-13-23/h3-4,7-8,23H,2,5-6,9-14H2,1H3/t18-/m1/s1. The van der Waals surface area contributed by atoms with E-state index in [1.807, 2.05) is 4.90 Å². The van der Waals surface area contributed by atoms with E-state index in [4.69, 9.17) is 5.11 Å². The van der Waals surface area contributed by atoms with Gasteiger partial charge in [-0.05, 0) is 32.0 Å². The summed E-state index contributed by atoms with van der Waals surface area (Å²) < 4.78 is 0. The highest BCUT2D eigenvalue weighted by molar-refractivity contribution is 5.94. The fourth-order valence-corrected chi connectivity index (χ4v) is 3.90. The number of β-amino-alcohol motifs (C(OH)–C–C–N with tert-alkyl or cyclic N) is 1. The maximum Gasteiger partial charge on any atom is 0.254 e. The first-order valence-corrected chi connectivity index (χ1v) is 8.85. The topological polar surface area (TPSA) is 77.0 Å². The molecule has 0 aromatic carbocycles. The number of likely N-dealkylation sites (tertiary alicyclic amines) is 1.